The number of hydrogen-bond donors (Lipinski definition) is 3. The van der Waals surface area contributed by atoms with E-state index in [1.165, 1.54) is 0 Å². The Balaban J connectivity index is 1.99. The van der Waals surface area contributed by atoms with Gasteiger partial charge in [0.15, 0.2) is 0 Å². The minimum Gasteiger partial charge on any atom is -0.480 e. The van der Waals surface area contributed by atoms with Gasteiger partial charge in [-0.1, -0.05) is 32.1 Å². The van der Waals surface area contributed by atoms with Gasteiger partial charge in [0.2, 0.25) is 5.91 Å². The van der Waals surface area contributed by atoms with Gasteiger partial charge in [-0.3, -0.25) is 4.79 Å². The average Bonchev–Trinajstić information content (AvgIpc) is 2.68. The third kappa shape index (κ3) is 3.47. The zero-order valence-electron chi connectivity index (χ0n) is 11.4. The van der Waals surface area contributed by atoms with E-state index in [1.54, 1.807) is 0 Å². The highest BCUT2D eigenvalue weighted by molar-refractivity contribution is 5.89. The van der Waals surface area contributed by atoms with Crippen LogP contribution in [0.1, 0.15) is 57.8 Å². The summed E-state index contributed by atoms with van der Waals surface area (Å²) in [5.74, 6) is -1.01. The molecule has 1 unspecified atom stereocenters. The number of rotatable bonds is 3. The van der Waals surface area contributed by atoms with Gasteiger partial charge in [-0.2, -0.15) is 0 Å². The van der Waals surface area contributed by atoms with Crippen LogP contribution < -0.4 is 10.6 Å². The molecule has 0 radical (unpaired) electrons. The molecule has 0 aromatic heterocycles. The summed E-state index contributed by atoms with van der Waals surface area (Å²) in [6.45, 7) is 0.845. The molecule has 1 saturated carbocycles. The van der Waals surface area contributed by atoms with Crippen molar-refractivity contribution in [2.75, 3.05) is 6.54 Å². The summed E-state index contributed by atoms with van der Waals surface area (Å²) in [5.41, 5.74) is -1.02. The number of amides is 1. The standard InChI is InChI=1S/C14H24N2O3/c17-12(11-7-3-1-6-10-15-11)16-14(13(18)19)8-4-2-5-9-14/h11,15H,1-10H2,(H,16,17)(H,18,19). The number of carboxylic acid groups (broad SMARTS) is 1. The van der Waals surface area contributed by atoms with E-state index in [2.05, 4.69) is 10.6 Å². The van der Waals surface area contributed by atoms with Crippen LogP contribution in [0.3, 0.4) is 0 Å². The molecular weight excluding hydrogens is 244 g/mol. The maximum Gasteiger partial charge on any atom is 0.329 e. The van der Waals surface area contributed by atoms with Crippen LogP contribution in [-0.4, -0.2) is 35.1 Å². The van der Waals surface area contributed by atoms with Crippen LogP contribution in [0.4, 0.5) is 0 Å². The van der Waals surface area contributed by atoms with E-state index in [0.717, 1.165) is 51.5 Å². The van der Waals surface area contributed by atoms with Crippen LogP contribution in [0.25, 0.3) is 0 Å². The van der Waals surface area contributed by atoms with Crippen molar-refractivity contribution in [1.29, 1.82) is 0 Å². The van der Waals surface area contributed by atoms with Crippen molar-refractivity contribution in [2.24, 2.45) is 0 Å². The molecule has 5 heteroatoms. The number of carboxylic acids is 1. The summed E-state index contributed by atoms with van der Waals surface area (Å²) in [6, 6.07) is -0.222. The molecule has 2 fully saturated rings. The Bertz CT molecular complexity index is 330. The number of hydrogen-bond acceptors (Lipinski definition) is 3. The van der Waals surface area contributed by atoms with Crippen LogP contribution >= 0.6 is 0 Å². The van der Waals surface area contributed by atoms with E-state index >= 15 is 0 Å². The molecule has 1 aliphatic heterocycles. The molecule has 3 N–H and O–H groups in total. The first-order valence-electron chi connectivity index (χ1n) is 7.43. The quantitative estimate of drug-likeness (QED) is 0.723. The molecule has 2 rings (SSSR count). The Kier molecular flexibility index (Phi) is 4.80. The molecule has 1 aliphatic carbocycles. The van der Waals surface area contributed by atoms with Gasteiger partial charge in [-0.15, -0.1) is 0 Å². The number of nitrogens with one attached hydrogen (secondary N) is 2. The van der Waals surface area contributed by atoms with E-state index in [0.29, 0.717) is 12.8 Å². The van der Waals surface area contributed by atoms with Crippen molar-refractivity contribution >= 4 is 11.9 Å². The molecule has 1 heterocycles. The van der Waals surface area contributed by atoms with Crippen molar-refractivity contribution in [1.82, 2.24) is 10.6 Å². The predicted molar refractivity (Wildman–Crippen MR) is 71.9 cm³/mol. The molecule has 5 nitrogen and oxygen atoms in total. The van der Waals surface area contributed by atoms with Gasteiger partial charge in [-0.05, 0) is 32.2 Å². The smallest absolute Gasteiger partial charge is 0.329 e. The van der Waals surface area contributed by atoms with Gasteiger partial charge >= 0.3 is 5.97 Å². The molecule has 2 aliphatic rings. The van der Waals surface area contributed by atoms with Crippen LogP contribution in [0, 0.1) is 0 Å². The first-order chi connectivity index (χ1) is 9.14. The Morgan fingerprint density at radius 3 is 2.42 bits per heavy atom. The van der Waals surface area contributed by atoms with Gasteiger partial charge in [0, 0.05) is 0 Å². The predicted octanol–water partition coefficient (Wildman–Crippen LogP) is 1.42. The van der Waals surface area contributed by atoms with Crippen molar-refractivity contribution in [3.8, 4) is 0 Å². The molecule has 0 aromatic rings. The maximum atomic E-state index is 12.3. The zero-order valence-corrected chi connectivity index (χ0v) is 11.4. The monoisotopic (exact) mass is 268 g/mol. The third-order valence-electron chi connectivity index (χ3n) is 4.36. The molecule has 19 heavy (non-hydrogen) atoms. The highest BCUT2D eigenvalue weighted by Crippen LogP contribution is 2.28. The molecule has 108 valence electrons. The summed E-state index contributed by atoms with van der Waals surface area (Å²) >= 11 is 0. The molecule has 1 amide bonds. The fourth-order valence-electron chi connectivity index (χ4n) is 3.12. The topological polar surface area (TPSA) is 78.4 Å². The van der Waals surface area contributed by atoms with Gasteiger partial charge in [0.25, 0.3) is 0 Å². The SMILES string of the molecule is O=C(NC1(C(=O)O)CCCCC1)C1CCCCCN1. The van der Waals surface area contributed by atoms with Crippen LogP contribution in [0.5, 0.6) is 0 Å². The lowest BCUT2D eigenvalue weighted by Crippen LogP contribution is -2.59. The molecule has 0 aromatic carbocycles. The number of carbonyl (C=O) groups excluding carboxylic acids is 1. The van der Waals surface area contributed by atoms with Gasteiger partial charge < -0.3 is 15.7 Å². The highest BCUT2D eigenvalue weighted by Gasteiger charge is 2.42. The van der Waals surface area contributed by atoms with E-state index in [1.807, 2.05) is 0 Å². The average molecular weight is 268 g/mol. The first kappa shape index (κ1) is 14.3. The molecule has 0 spiro atoms. The number of aliphatic carboxylic acids is 1. The van der Waals surface area contributed by atoms with Gasteiger partial charge in [-0.25, -0.2) is 4.79 Å². The Morgan fingerprint density at radius 1 is 1.05 bits per heavy atom. The second-order valence-corrected chi connectivity index (χ2v) is 5.79. The lowest BCUT2D eigenvalue weighted by molar-refractivity contribution is -0.149. The van der Waals surface area contributed by atoms with Gasteiger partial charge in [0.1, 0.15) is 5.54 Å². The lowest BCUT2D eigenvalue weighted by atomic mass is 9.81. The van der Waals surface area contributed by atoms with Crippen LogP contribution in [-0.2, 0) is 9.59 Å². The molecule has 1 atom stereocenters. The Morgan fingerprint density at radius 2 is 1.74 bits per heavy atom. The summed E-state index contributed by atoms with van der Waals surface area (Å²) in [5, 5.41) is 15.5. The van der Waals surface area contributed by atoms with Crippen molar-refractivity contribution < 1.29 is 14.7 Å². The zero-order chi connectivity index (χ0) is 13.7. The summed E-state index contributed by atoms with van der Waals surface area (Å²) < 4.78 is 0. The van der Waals surface area contributed by atoms with E-state index in [4.69, 9.17) is 0 Å². The second-order valence-electron chi connectivity index (χ2n) is 5.79. The summed E-state index contributed by atoms with van der Waals surface area (Å²) in [6.07, 6.45) is 8.00. The van der Waals surface area contributed by atoms with Crippen LogP contribution in [0.2, 0.25) is 0 Å². The normalized spacial score (nSPS) is 27.3. The maximum absolute atomic E-state index is 12.3. The van der Waals surface area contributed by atoms with Crippen molar-refractivity contribution in [3.05, 3.63) is 0 Å². The first-order valence-corrected chi connectivity index (χ1v) is 7.43. The second kappa shape index (κ2) is 6.37. The van der Waals surface area contributed by atoms with E-state index in [-0.39, 0.29) is 11.9 Å². The minimum absolute atomic E-state index is 0.133. The van der Waals surface area contributed by atoms with Crippen molar-refractivity contribution in [3.63, 3.8) is 0 Å². The molecule has 1 saturated heterocycles. The van der Waals surface area contributed by atoms with Gasteiger partial charge in [0.05, 0.1) is 6.04 Å². The lowest BCUT2D eigenvalue weighted by Gasteiger charge is -2.35. The van der Waals surface area contributed by atoms with E-state index < -0.39 is 11.5 Å². The fraction of sp³-hybridized carbons (Fsp3) is 0.857. The van der Waals surface area contributed by atoms with Crippen LogP contribution in [0.15, 0.2) is 0 Å². The number of carbonyl (C=O) groups is 2. The summed E-state index contributed by atoms with van der Waals surface area (Å²) in [7, 11) is 0. The fourth-order valence-corrected chi connectivity index (χ4v) is 3.12. The van der Waals surface area contributed by atoms with Crippen molar-refractivity contribution in [2.45, 2.75) is 69.4 Å². The third-order valence-corrected chi connectivity index (χ3v) is 4.36. The minimum atomic E-state index is -1.02. The highest BCUT2D eigenvalue weighted by atomic mass is 16.4. The largest absolute Gasteiger partial charge is 0.480 e. The summed E-state index contributed by atoms with van der Waals surface area (Å²) in [4.78, 5) is 23.8. The van der Waals surface area contributed by atoms with E-state index in [9.17, 15) is 14.7 Å². The Hall–Kier alpha value is -1.10. The molecule has 0 bridgehead atoms. The Labute approximate surface area is 114 Å². The molecular formula is C14H24N2O3.